The molecule has 15 heteroatoms. The fourth-order valence-electron chi connectivity index (χ4n) is 3.19. The Balaban J connectivity index is 0.00000840. The number of ether oxygens (including phenoxy) is 2. The molecule has 0 aliphatic heterocycles. The average molecular weight is 649 g/mol. The molecule has 0 unspecified atom stereocenters. The third kappa shape index (κ3) is 12.4. The number of carbonyl (C=O) groups is 6. The van der Waals surface area contributed by atoms with Crippen molar-refractivity contribution in [3.05, 3.63) is 63.2 Å². The molecule has 0 bridgehead atoms. The molecule has 0 aromatic heterocycles. The van der Waals surface area contributed by atoms with E-state index >= 15 is 0 Å². The Labute approximate surface area is 259 Å². The number of carbonyl (C=O) groups excluding carboxylic acids is 6. The zero-order chi connectivity index (χ0) is 29.7. The van der Waals surface area contributed by atoms with Crippen LogP contribution in [0.4, 0.5) is 0 Å². The maximum Gasteiger partial charge on any atom is 2.00 e. The van der Waals surface area contributed by atoms with Crippen molar-refractivity contribution in [2.75, 3.05) is 25.7 Å². The number of hydrogen-bond acceptors (Lipinski definition) is 10. The van der Waals surface area contributed by atoms with Crippen LogP contribution in [0.15, 0.2) is 0 Å². The molecule has 222 valence electrons. The summed E-state index contributed by atoms with van der Waals surface area (Å²) in [5, 5.41) is 10.2. The Morgan fingerprint density at radius 2 is 0.951 bits per heavy atom. The van der Waals surface area contributed by atoms with Gasteiger partial charge >= 0.3 is 29.0 Å². The monoisotopic (exact) mass is 648 g/mol. The van der Waals surface area contributed by atoms with Crippen molar-refractivity contribution < 1.29 is 55.3 Å². The molecule has 12 nitrogen and oxygen atoms in total. The molecule has 0 heterocycles. The molecule has 4 N–H and O–H groups in total. The molecule has 2 rings (SSSR count). The summed E-state index contributed by atoms with van der Waals surface area (Å²) in [7, 11) is 4.67. The van der Waals surface area contributed by atoms with E-state index < -0.39 is 59.7 Å². The summed E-state index contributed by atoms with van der Waals surface area (Å²) in [6.45, 7) is 2.97. The van der Waals surface area contributed by atoms with Gasteiger partial charge in [0.2, 0.25) is 23.6 Å². The Morgan fingerprint density at radius 3 is 1.24 bits per heavy atom. The van der Waals surface area contributed by atoms with E-state index in [4.69, 9.17) is 9.47 Å². The Kier molecular flexibility index (Phi) is 17.4. The van der Waals surface area contributed by atoms with E-state index in [1.807, 2.05) is 0 Å². The molecule has 10 radical (unpaired) electrons. The van der Waals surface area contributed by atoms with Crippen molar-refractivity contribution in [2.45, 2.75) is 38.0 Å². The molecule has 2 aliphatic rings. The first kappa shape index (κ1) is 37.1. The van der Waals surface area contributed by atoms with Crippen LogP contribution in [0.2, 0.25) is 0 Å². The molecule has 0 aromatic carbocycles. The van der Waals surface area contributed by atoms with E-state index in [1.165, 1.54) is 28.1 Å². The number of nitrogens with one attached hydrogen (secondary N) is 4. The van der Waals surface area contributed by atoms with Crippen molar-refractivity contribution in [3.63, 3.8) is 0 Å². The molecule has 4 amide bonds. The first-order chi connectivity index (χ1) is 19.1. The zero-order valence-corrected chi connectivity index (χ0v) is 25.5. The van der Waals surface area contributed by atoms with Crippen LogP contribution in [0, 0.1) is 63.2 Å². The Morgan fingerprint density at radius 1 is 0.634 bits per heavy atom. The van der Waals surface area contributed by atoms with Gasteiger partial charge in [-0.05, 0) is 65.2 Å². The van der Waals surface area contributed by atoms with Gasteiger partial charge in [0.25, 0.3) is 0 Å². The van der Waals surface area contributed by atoms with Crippen molar-refractivity contribution in [1.82, 2.24) is 21.3 Å². The zero-order valence-electron chi connectivity index (χ0n) is 22.8. The molecule has 2 aliphatic carbocycles. The van der Waals surface area contributed by atoms with Gasteiger partial charge in [0.15, 0.2) is 0 Å². The normalized spacial score (nSPS) is 18.1. The van der Waals surface area contributed by atoms with E-state index in [0.29, 0.717) is 11.8 Å². The Bertz CT molecular complexity index is 844. The van der Waals surface area contributed by atoms with Crippen LogP contribution in [0.25, 0.3) is 0 Å². The van der Waals surface area contributed by atoms with Gasteiger partial charge in [-0.25, -0.2) is 9.59 Å². The van der Waals surface area contributed by atoms with Crippen molar-refractivity contribution in [2.24, 2.45) is 0 Å². The number of amides is 4. The van der Waals surface area contributed by atoms with E-state index in [-0.39, 0.29) is 28.6 Å². The maximum atomic E-state index is 12.6. The smallest absolute Gasteiger partial charge is 0.467 e. The van der Waals surface area contributed by atoms with E-state index in [2.05, 4.69) is 21.3 Å². The molecular formula is C26H32FeN4O8S2+2. The SMILES string of the molecule is COC(=O)[C@H](CSSC[C@H](NC(=O)[C@H](C)NC(=O)[C]1[CH][CH][CH][CH]1)C(=O)OC)NC(=O)[C@H](C)NC(=O)[C]1[CH][CH][CH][CH]1.[Fe+2]. The average Bonchev–Trinajstić information content (AvgIpc) is 3.68. The summed E-state index contributed by atoms with van der Waals surface area (Å²) in [6.07, 6.45) is 13.2. The summed E-state index contributed by atoms with van der Waals surface area (Å²) >= 11 is 0. The van der Waals surface area contributed by atoms with Crippen LogP contribution in [-0.2, 0) is 55.3 Å². The summed E-state index contributed by atoms with van der Waals surface area (Å²) in [6, 6.07) is -3.92. The van der Waals surface area contributed by atoms with Gasteiger partial charge < -0.3 is 30.7 Å². The third-order valence-electron chi connectivity index (χ3n) is 5.49. The van der Waals surface area contributed by atoms with Crippen LogP contribution in [-0.4, -0.2) is 85.5 Å². The molecule has 0 spiro atoms. The van der Waals surface area contributed by atoms with E-state index in [9.17, 15) is 28.8 Å². The molecule has 0 aromatic rings. The van der Waals surface area contributed by atoms with Gasteiger partial charge in [-0.2, -0.15) is 0 Å². The summed E-state index contributed by atoms with van der Waals surface area (Å²) in [5.74, 6) is -2.46. The van der Waals surface area contributed by atoms with Gasteiger partial charge in [-0.1, -0.05) is 21.6 Å². The van der Waals surface area contributed by atoms with Crippen LogP contribution in [0.3, 0.4) is 0 Å². The van der Waals surface area contributed by atoms with Crippen LogP contribution < -0.4 is 21.3 Å². The van der Waals surface area contributed by atoms with Gasteiger partial charge in [0.05, 0.1) is 26.1 Å². The Hall–Kier alpha value is -1.96. The first-order valence-corrected chi connectivity index (χ1v) is 14.6. The number of methoxy groups -OCH3 is 2. The minimum Gasteiger partial charge on any atom is -0.467 e. The van der Waals surface area contributed by atoms with Gasteiger partial charge in [0.1, 0.15) is 24.2 Å². The van der Waals surface area contributed by atoms with Gasteiger partial charge in [0, 0.05) is 11.5 Å². The molecular weight excluding hydrogens is 616 g/mol. The minimum atomic E-state index is -1.04. The summed E-state index contributed by atoms with van der Waals surface area (Å²) in [5.41, 5.74) is 0. The molecule has 41 heavy (non-hydrogen) atoms. The van der Waals surface area contributed by atoms with Crippen molar-refractivity contribution in [1.29, 1.82) is 0 Å². The van der Waals surface area contributed by atoms with Crippen LogP contribution in [0.5, 0.6) is 0 Å². The number of hydrogen-bond donors (Lipinski definition) is 4. The number of rotatable bonds is 15. The molecule has 0 saturated heterocycles. The quantitative estimate of drug-likeness (QED) is 0.0787. The second-order valence-corrected chi connectivity index (χ2v) is 11.0. The first-order valence-electron chi connectivity index (χ1n) is 12.1. The summed E-state index contributed by atoms with van der Waals surface area (Å²) in [4.78, 5) is 74.1. The largest absolute Gasteiger partial charge is 2.00 e. The van der Waals surface area contributed by atoms with E-state index in [1.54, 1.807) is 51.4 Å². The van der Waals surface area contributed by atoms with Gasteiger partial charge in [-0.15, -0.1) is 0 Å². The molecule has 2 fully saturated rings. The van der Waals surface area contributed by atoms with Crippen molar-refractivity contribution in [3.8, 4) is 0 Å². The fraction of sp³-hybridized carbons (Fsp3) is 0.385. The molecule has 4 atom stereocenters. The van der Waals surface area contributed by atoms with Crippen LogP contribution >= 0.6 is 21.6 Å². The third-order valence-corrected chi connectivity index (χ3v) is 7.91. The van der Waals surface area contributed by atoms with Crippen molar-refractivity contribution >= 4 is 57.2 Å². The number of esters is 2. The minimum absolute atomic E-state index is 0. The van der Waals surface area contributed by atoms with E-state index in [0.717, 1.165) is 21.6 Å². The van der Waals surface area contributed by atoms with Gasteiger partial charge in [-0.3, -0.25) is 19.2 Å². The predicted octanol–water partition coefficient (Wildman–Crippen LogP) is -0.499. The standard InChI is InChI=1S/C26H32N4O8S2.Fe/c1-15(27-23(33)17-9-5-6-10-17)21(31)29-19(25(35)37-3)13-39-40-14-20(26(36)38-4)30-22(32)16(2)28-24(34)18-11-7-8-12-18;/h5-12,15-16,19-20H,13-14H2,1-4H3,(H,27,33)(H,28,34)(H,29,31)(H,30,32);/q;+2/t15-,16-,19-,20-;/m0./s1. The second kappa shape index (κ2) is 19.3. The molecule has 2 saturated carbocycles. The summed E-state index contributed by atoms with van der Waals surface area (Å²) < 4.78 is 9.55. The fourth-order valence-corrected chi connectivity index (χ4v) is 5.49. The maximum absolute atomic E-state index is 12.6. The van der Waals surface area contributed by atoms with Crippen LogP contribution in [0.1, 0.15) is 13.8 Å². The topological polar surface area (TPSA) is 169 Å². The predicted molar refractivity (Wildman–Crippen MR) is 149 cm³/mol. The second-order valence-electron chi connectivity index (χ2n) is 8.48.